The molecule has 0 aliphatic carbocycles. The van der Waals surface area contributed by atoms with E-state index in [1.54, 1.807) is 30.0 Å². The fourth-order valence-electron chi connectivity index (χ4n) is 2.82. The molecule has 29 heavy (non-hydrogen) atoms. The highest BCUT2D eigenvalue weighted by atomic mass is 79.9. The van der Waals surface area contributed by atoms with E-state index in [1.807, 2.05) is 45.0 Å². The van der Waals surface area contributed by atoms with Crippen LogP contribution in [0.1, 0.15) is 38.8 Å². The summed E-state index contributed by atoms with van der Waals surface area (Å²) < 4.78 is 0.912. The average Bonchev–Trinajstić information content (AvgIpc) is 2.60. The van der Waals surface area contributed by atoms with E-state index in [2.05, 4.69) is 21.2 Å². The summed E-state index contributed by atoms with van der Waals surface area (Å²) >= 11 is 15.7. The van der Waals surface area contributed by atoms with Gasteiger partial charge in [-0.25, -0.2) is 0 Å². The first-order valence-electron chi connectivity index (χ1n) is 9.26. The number of rotatable bonds is 6. The van der Waals surface area contributed by atoms with Crippen molar-refractivity contribution in [3.8, 4) is 0 Å². The van der Waals surface area contributed by atoms with Gasteiger partial charge in [-0.05, 0) is 63.1 Å². The van der Waals surface area contributed by atoms with Gasteiger partial charge in [-0.15, -0.1) is 0 Å². The normalized spacial score (nSPS) is 12.4. The molecular formula is C22H25BrCl2N2O2. The zero-order valence-corrected chi connectivity index (χ0v) is 20.0. The second-order valence-corrected chi connectivity index (χ2v) is 9.74. The fraction of sp³-hybridized carbons (Fsp3) is 0.364. The van der Waals surface area contributed by atoms with Crippen LogP contribution in [0.5, 0.6) is 0 Å². The quantitative estimate of drug-likeness (QED) is 0.559. The molecular weight excluding hydrogens is 475 g/mol. The van der Waals surface area contributed by atoms with E-state index in [9.17, 15) is 9.59 Å². The van der Waals surface area contributed by atoms with E-state index < -0.39 is 11.6 Å². The van der Waals surface area contributed by atoms with Gasteiger partial charge in [0.05, 0.1) is 6.42 Å². The van der Waals surface area contributed by atoms with E-state index in [1.165, 1.54) is 0 Å². The van der Waals surface area contributed by atoms with Crippen LogP contribution in [-0.2, 0) is 22.6 Å². The molecule has 1 N–H and O–H groups in total. The monoisotopic (exact) mass is 498 g/mol. The van der Waals surface area contributed by atoms with Crippen molar-refractivity contribution in [2.24, 2.45) is 0 Å². The molecule has 0 radical (unpaired) electrons. The Bertz CT molecular complexity index is 897. The van der Waals surface area contributed by atoms with Gasteiger partial charge in [-0.2, -0.15) is 0 Å². The van der Waals surface area contributed by atoms with Gasteiger partial charge in [0.25, 0.3) is 0 Å². The molecule has 0 unspecified atom stereocenters. The van der Waals surface area contributed by atoms with E-state index in [0.717, 1.165) is 10.0 Å². The van der Waals surface area contributed by atoms with Gasteiger partial charge in [0.2, 0.25) is 11.8 Å². The number of hydrogen-bond donors (Lipinski definition) is 1. The molecule has 0 aromatic heterocycles. The van der Waals surface area contributed by atoms with Crippen molar-refractivity contribution in [2.75, 3.05) is 0 Å². The maximum atomic E-state index is 13.2. The third kappa shape index (κ3) is 7.32. The lowest BCUT2D eigenvalue weighted by Crippen LogP contribution is -2.52. The standard InChI is InChI=1S/C22H25BrCl2N2O2/c1-14(21(29)26-22(2,3)4)27(13-15-6-5-7-17(23)10-15)20(28)11-16-8-9-18(24)12-19(16)25/h5-10,12,14H,11,13H2,1-4H3,(H,26,29)/t14-/m1/s1. The highest BCUT2D eigenvalue weighted by Gasteiger charge is 2.28. The Balaban J connectivity index is 2.29. The lowest BCUT2D eigenvalue weighted by atomic mass is 10.1. The minimum atomic E-state index is -0.646. The number of carbonyl (C=O) groups excluding carboxylic acids is 2. The Kier molecular flexibility index (Phi) is 8.15. The first-order chi connectivity index (χ1) is 13.5. The van der Waals surface area contributed by atoms with Gasteiger partial charge >= 0.3 is 0 Å². The van der Waals surface area contributed by atoms with Gasteiger partial charge < -0.3 is 10.2 Å². The molecule has 0 heterocycles. The molecule has 1 atom stereocenters. The zero-order chi connectivity index (χ0) is 21.8. The predicted octanol–water partition coefficient (Wildman–Crippen LogP) is 5.63. The molecule has 0 spiro atoms. The number of halogens is 3. The molecule has 2 aromatic rings. The molecule has 0 aliphatic rings. The summed E-state index contributed by atoms with van der Waals surface area (Å²) in [4.78, 5) is 27.5. The molecule has 2 rings (SSSR count). The van der Waals surface area contributed by atoms with Crippen molar-refractivity contribution in [3.05, 3.63) is 68.1 Å². The number of nitrogens with zero attached hydrogens (tertiary/aromatic N) is 1. The van der Waals surface area contributed by atoms with E-state index >= 15 is 0 Å². The number of carbonyl (C=O) groups is 2. The zero-order valence-electron chi connectivity index (χ0n) is 16.9. The predicted molar refractivity (Wildman–Crippen MR) is 122 cm³/mol. The highest BCUT2D eigenvalue weighted by Crippen LogP contribution is 2.23. The van der Waals surface area contributed by atoms with Gasteiger partial charge in [-0.3, -0.25) is 9.59 Å². The van der Waals surface area contributed by atoms with E-state index in [0.29, 0.717) is 22.2 Å². The van der Waals surface area contributed by atoms with Crippen molar-refractivity contribution in [2.45, 2.75) is 52.2 Å². The van der Waals surface area contributed by atoms with Crippen LogP contribution in [0, 0.1) is 0 Å². The minimum Gasteiger partial charge on any atom is -0.350 e. The second-order valence-electron chi connectivity index (χ2n) is 7.98. The van der Waals surface area contributed by atoms with Crippen molar-refractivity contribution < 1.29 is 9.59 Å². The van der Waals surface area contributed by atoms with E-state index in [4.69, 9.17) is 23.2 Å². The molecule has 0 fully saturated rings. The summed E-state index contributed by atoms with van der Waals surface area (Å²) in [6.45, 7) is 7.77. The third-order valence-corrected chi connectivity index (χ3v) is 5.34. The number of nitrogens with one attached hydrogen (secondary N) is 1. The molecule has 4 nitrogen and oxygen atoms in total. The minimum absolute atomic E-state index is 0.0805. The molecule has 2 aromatic carbocycles. The average molecular weight is 500 g/mol. The van der Waals surface area contributed by atoms with Crippen LogP contribution in [0.2, 0.25) is 10.0 Å². The van der Waals surface area contributed by atoms with Crippen molar-refractivity contribution in [1.82, 2.24) is 10.2 Å². The van der Waals surface area contributed by atoms with Gasteiger partial charge in [0.15, 0.2) is 0 Å². The number of hydrogen-bond acceptors (Lipinski definition) is 2. The number of amides is 2. The fourth-order valence-corrected chi connectivity index (χ4v) is 3.74. The summed E-state index contributed by atoms with van der Waals surface area (Å²) in [7, 11) is 0. The summed E-state index contributed by atoms with van der Waals surface area (Å²) in [5.74, 6) is -0.395. The Morgan fingerprint density at radius 2 is 1.83 bits per heavy atom. The van der Waals surface area contributed by atoms with Gasteiger partial charge in [0.1, 0.15) is 6.04 Å². The lowest BCUT2D eigenvalue weighted by Gasteiger charge is -2.31. The number of benzene rings is 2. The Morgan fingerprint density at radius 1 is 1.14 bits per heavy atom. The third-order valence-electron chi connectivity index (χ3n) is 4.26. The van der Waals surface area contributed by atoms with Crippen LogP contribution >= 0.6 is 39.1 Å². The summed E-state index contributed by atoms with van der Waals surface area (Å²) in [6.07, 6.45) is 0.0805. The highest BCUT2D eigenvalue weighted by molar-refractivity contribution is 9.10. The van der Waals surface area contributed by atoms with Crippen molar-refractivity contribution in [3.63, 3.8) is 0 Å². The summed E-state index contributed by atoms with van der Waals surface area (Å²) in [5.41, 5.74) is 1.20. The SMILES string of the molecule is C[C@H](C(=O)NC(C)(C)C)N(Cc1cccc(Br)c1)C(=O)Cc1ccc(Cl)cc1Cl. The van der Waals surface area contributed by atoms with Gasteiger partial charge in [0, 0.05) is 26.6 Å². The van der Waals surface area contributed by atoms with Crippen LogP contribution < -0.4 is 5.32 Å². The molecule has 0 bridgehead atoms. The Hall–Kier alpha value is -1.56. The molecule has 0 saturated carbocycles. The molecule has 0 saturated heterocycles. The van der Waals surface area contributed by atoms with Crippen LogP contribution in [0.15, 0.2) is 46.9 Å². The summed E-state index contributed by atoms with van der Waals surface area (Å²) in [6, 6.07) is 12.1. The topological polar surface area (TPSA) is 49.4 Å². The summed E-state index contributed by atoms with van der Waals surface area (Å²) in [5, 5.41) is 3.89. The van der Waals surface area contributed by atoms with Gasteiger partial charge in [-0.1, -0.05) is 57.3 Å². The Morgan fingerprint density at radius 3 is 2.41 bits per heavy atom. The first kappa shape index (κ1) is 23.7. The maximum absolute atomic E-state index is 13.2. The largest absolute Gasteiger partial charge is 0.350 e. The van der Waals surface area contributed by atoms with Crippen molar-refractivity contribution in [1.29, 1.82) is 0 Å². The second kappa shape index (κ2) is 9.96. The van der Waals surface area contributed by atoms with Crippen LogP contribution in [0.4, 0.5) is 0 Å². The van der Waals surface area contributed by atoms with Crippen molar-refractivity contribution >= 4 is 50.9 Å². The molecule has 7 heteroatoms. The Labute approximate surface area is 190 Å². The first-order valence-corrected chi connectivity index (χ1v) is 10.8. The molecule has 0 aliphatic heterocycles. The maximum Gasteiger partial charge on any atom is 0.242 e. The van der Waals surface area contributed by atoms with Crippen LogP contribution in [-0.4, -0.2) is 28.3 Å². The van der Waals surface area contributed by atoms with Crippen LogP contribution in [0.3, 0.4) is 0 Å². The lowest BCUT2D eigenvalue weighted by molar-refractivity contribution is -0.140. The van der Waals surface area contributed by atoms with Crippen LogP contribution in [0.25, 0.3) is 0 Å². The molecule has 156 valence electrons. The smallest absolute Gasteiger partial charge is 0.242 e. The molecule has 2 amide bonds. The van der Waals surface area contributed by atoms with E-state index in [-0.39, 0.29) is 18.2 Å².